The number of aliphatic hydroxyl groups excluding tert-OH is 1. The zero-order valence-electron chi connectivity index (χ0n) is 21.6. The lowest BCUT2D eigenvalue weighted by atomic mass is 9.97. The van der Waals surface area contributed by atoms with Crippen molar-refractivity contribution in [2.24, 2.45) is 5.92 Å². The van der Waals surface area contributed by atoms with Crippen molar-refractivity contribution in [1.29, 1.82) is 5.26 Å². The predicted molar refractivity (Wildman–Crippen MR) is 142 cm³/mol. The van der Waals surface area contributed by atoms with Crippen molar-refractivity contribution >= 4 is 33.1 Å². The fraction of sp³-hybridized carbons (Fsp3) is 0.462. The van der Waals surface area contributed by atoms with Gasteiger partial charge in [0.25, 0.3) is 5.91 Å². The summed E-state index contributed by atoms with van der Waals surface area (Å²) in [5.41, 5.74) is 3.61. The first-order valence-electron chi connectivity index (χ1n) is 12.6. The van der Waals surface area contributed by atoms with E-state index in [1.807, 2.05) is 31.0 Å². The topological polar surface area (TPSA) is 144 Å². The Morgan fingerprint density at radius 1 is 1.21 bits per heavy atom. The number of β-amino-alcohol motifs (C(OH)–C–C–N with tert-alkyl or cyclic N) is 1. The van der Waals surface area contributed by atoms with E-state index < -0.39 is 22.0 Å². The maximum atomic E-state index is 13.8. The Kier molecular flexibility index (Phi) is 6.75. The average molecular weight is 538 g/mol. The molecule has 2 aliphatic rings. The fourth-order valence-electron chi connectivity index (χ4n) is 5.35. The largest absolute Gasteiger partial charge is 0.390 e. The Morgan fingerprint density at radius 2 is 2.00 bits per heavy atom. The van der Waals surface area contributed by atoms with Gasteiger partial charge in [-0.2, -0.15) is 10.4 Å². The summed E-state index contributed by atoms with van der Waals surface area (Å²) in [5.74, 6) is -0.00739. The first-order valence-corrected chi connectivity index (χ1v) is 14.5. The number of carbonyl (C=O) groups excluding carboxylic acids is 1. The minimum Gasteiger partial charge on any atom is -0.390 e. The third-order valence-corrected chi connectivity index (χ3v) is 7.77. The number of aromatic nitrogens is 3. The van der Waals surface area contributed by atoms with E-state index in [0.29, 0.717) is 42.4 Å². The Hall–Kier alpha value is -3.69. The number of carbonyl (C=O) groups is 1. The van der Waals surface area contributed by atoms with Crippen molar-refractivity contribution in [1.82, 2.24) is 19.5 Å². The van der Waals surface area contributed by atoms with Gasteiger partial charge in [-0.25, -0.2) is 17.9 Å². The SMILES string of the molecule is Cc1ccc(NS(C)(=O)=O)c(C(=O)N2CCCCC2c2cc3nc(N4C[C@@H](O)[C@H](C#N)C4)c(C)cn3n2)c1. The van der Waals surface area contributed by atoms with Crippen LogP contribution in [0.3, 0.4) is 0 Å². The number of nitrogens with one attached hydrogen (secondary N) is 1. The first kappa shape index (κ1) is 25.9. The molecular formula is C26H31N7O4S. The van der Waals surface area contributed by atoms with Gasteiger partial charge < -0.3 is 14.9 Å². The minimum atomic E-state index is -3.57. The summed E-state index contributed by atoms with van der Waals surface area (Å²) in [4.78, 5) is 22.3. The van der Waals surface area contributed by atoms with Crippen molar-refractivity contribution < 1.29 is 18.3 Å². The van der Waals surface area contributed by atoms with Crippen molar-refractivity contribution in [3.05, 3.63) is 52.8 Å². The second-order valence-corrected chi connectivity index (χ2v) is 12.0. The molecule has 2 aliphatic heterocycles. The number of sulfonamides is 1. The van der Waals surface area contributed by atoms with Crippen LogP contribution < -0.4 is 9.62 Å². The fourth-order valence-corrected chi connectivity index (χ4v) is 5.93. The summed E-state index contributed by atoms with van der Waals surface area (Å²) in [6.07, 6.45) is 4.72. The number of piperidine rings is 1. The summed E-state index contributed by atoms with van der Waals surface area (Å²) in [5, 5.41) is 24.2. The lowest BCUT2D eigenvalue weighted by Crippen LogP contribution is -2.39. The summed E-state index contributed by atoms with van der Waals surface area (Å²) < 4.78 is 28.0. The molecule has 200 valence electrons. The standard InChI is InChI=1S/C26H31N7O4S/c1-16-7-8-20(30-38(3,36)37)19(10-16)26(35)32-9-5-4-6-22(32)21-11-24-28-25(17(2)13-33(24)29-21)31-14-18(12-27)23(34)15-31/h7-8,10-11,13,18,22-23,30,34H,4-6,9,14-15H2,1-3H3/t18-,22?,23-/m1/s1. The van der Waals surface area contributed by atoms with Crippen LogP contribution in [0.5, 0.6) is 0 Å². The van der Waals surface area contributed by atoms with E-state index in [2.05, 4.69) is 10.8 Å². The molecule has 3 atom stereocenters. The number of hydrogen-bond donors (Lipinski definition) is 2. The van der Waals surface area contributed by atoms with Gasteiger partial charge in [-0.15, -0.1) is 0 Å². The molecule has 0 saturated carbocycles. The zero-order valence-corrected chi connectivity index (χ0v) is 22.4. The van der Waals surface area contributed by atoms with Gasteiger partial charge >= 0.3 is 0 Å². The number of aryl methyl sites for hydroxylation is 2. The molecule has 3 aromatic rings. The van der Waals surface area contributed by atoms with E-state index in [0.717, 1.165) is 36.6 Å². The Bertz CT molecular complexity index is 1540. The van der Waals surface area contributed by atoms with Crippen LogP contribution in [-0.2, 0) is 10.0 Å². The number of anilines is 2. The molecule has 4 heterocycles. The van der Waals surface area contributed by atoms with Crippen LogP contribution in [0, 0.1) is 31.1 Å². The number of nitrogens with zero attached hydrogens (tertiary/aromatic N) is 6. The highest BCUT2D eigenvalue weighted by atomic mass is 32.2. The molecule has 5 rings (SSSR count). The average Bonchev–Trinajstić information content (AvgIpc) is 3.45. The van der Waals surface area contributed by atoms with E-state index in [4.69, 9.17) is 10.1 Å². The number of amides is 1. The summed E-state index contributed by atoms with van der Waals surface area (Å²) in [6.45, 7) is 5.06. The zero-order chi connectivity index (χ0) is 27.2. The number of rotatable bonds is 5. The number of hydrogen-bond acceptors (Lipinski definition) is 8. The van der Waals surface area contributed by atoms with Gasteiger partial charge in [-0.1, -0.05) is 11.6 Å². The highest BCUT2D eigenvalue weighted by Gasteiger charge is 2.34. The number of nitriles is 1. The van der Waals surface area contributed by atoms with Crippen LogP contribution in [-0.4, -0.2) is 70.9 Å². The molecule has 2 saturated heterocycles. The highest BCUT2D eigenvalue weighted by molar-refractivity contribution is 7.92. The second-order valence-electron chi connectivity index (χ2n) is 10.3. The first-order chi connectivity index (χ1) is 18.0. The van der Waals surface area contributed by atoms with Crippen molar-refractivity contribution in [2.75, 3.05) is 35.5 Å². The van der Waals surface area contributed by atoms with Gasteiger partial charge in [0.05, 0.1) is 47.3 Å². The van der Waals surface area contributed by atoms with E-state index in [1.165, 1.54) is 0 Å². The van der Waals surface area contributed by atoms with E-state index >= 15 is 0 Å². The summed E-state index contributed by atoms with van der Waals surface area (Å²) >= 11 is 0. The highest BCUT2D eigenvalue weighted by Crippen LogP contribution is 2.34. The smallest absolute Gasteiger partial charge is 0.256 e. The molecule has 1 amide bonds. The van der Waals surface area contributed by atoms with Crippen molar-refractivity contribution in [3.63, 3.8) is 0 Å². The molecule has 2 aromatic heterocycles. The molecule has 11 nitrogen and oxygen atoms in total. The molecule has 0 spiro atoms. The van der Waals surface area contributed by atoms with Crippen LogP contribution >= 0.6 is 0 Å². The normalized spacial score (nSPS) is 22.0. The Morgan fingerprint density at radius 3 is 2.71 bits per heavy atom. The van der Waals surface area contributed by atoms with Gasteiger partial charge in [0.15, 0.2) is 5.65 Å². The van der Waals surface area contributed by atoms with E-state index in [-0.39, 0.29) is 17.6 Å². The number of fused-ring (bicyclic) bond motifs is 1. The van der Waals surface area contributed by atoms with Crippen LogP contribution in [0.25, 0.3) is 5.65 Å². The van der Waals surface area contributed by atoms with Crippen molar-refractivity contribution in [2.45, 2.75) is 45.3 Å². The van der Waals surface area contributed by atoms with Gasteiger partial charge in [0.2, 0.25) is 10.0 Å². The molecule has 1 aromatic carbocycles. The third kappa shape index (κ3) is 5.04. The molecule has 0 aliphatic carbocycles. The quantitative estimate of drug-likeness (QED) is 0.505. The van der Waals surface area contributed by atoms with Gasteiger partial charge in [0, 0.05) is 37.5 Å². The molecule has 12 heteroatoms. The number of likely N-dealkylation sites (tertiary alicyclic amines) is 1. The minimum absolute atomic E-state index is 0.250. The number of aliphatic hydroxyl groups is 1. The van der Waals surface area contributed by atoms with Gasteiger partial charge in [-0.05, 0) is 45.2 Å². The summed E-state index contributed by atoms with van der Waals surface area (Å²) in [6, 6.07) is 8.84. The molecular weight excluding hydrogens is 506 g/mol. The van der Waals surface area contributed by atoms with Crippen LogP contribution in [0.4, 0.5) is 11.5 Å². The maximum absolute atomic E-state index is 13.8. The van der Waals surface area contributed by atoms with Crippen LogP contribution in [0.1, 0.15) is 52.5 Å². The van der Waals surface area contributed by atoms with Crippen LogP contribution in [0.15, 0.2) is 30.5 Å². The van der Waals surface area contributed by atoms with E-state index in [9.17, 15) is 23.6 Å². The number of benzene rings is 1. The lowest BCUT2D eigenvalue weighted by Gasteiger charge is -2.35. The molecule has 38 heavy (non-hydrogen) atoms. The molecule has 2 N–H and O–H groups in total. The predicted octanol–water partition coefficient (Wildman–Crippen LogP) is 2.41. The second kappa shape index (κ2) is 9.89. The molecule has 2 fully saturated rings. The van der Waals surface area contributed by atoms with E-state index in [1.54, 1.807) is 27.6 Å². The third-order valence-electron chi connectivity index (χ3n) is 7.18. The molecule has 1 unspecified atom stereocenters. The summed E-state index contributed by atoms with van der Waals surface area (Å²) in [7, 11) is -3.57. The maximum Gasteiger partial charge on any atom is 0.256 e. The van der Waals surface area contributed by atoms with Crippen LogP contribution in [0.2, 0.25) is 0 Å². The molecule has 0 radical (unpaired) electrons. The Balaban J connectivity index is 1.48. The Labute approximate surface area is 221 Å². The van der Waals surface area contributed by atoms with Gasteiger partial charge in [-0.3, -0.25) is 9.52 Å². The monoisotopic (exact) mass is 537 g/mol. The van der Waals surface area contributed by atoms with Crippen molar-refractivity contribution in [3.8, 4) is 6.07 Å². The molecule has 0 bridgehead atoms. The lowest BCUT2D eigenvalue weighted by molar-refractivity contribution is 0.0606. The van der Waals surface area contributed by atoms with Gasteiger partial charge in [0.1, 0.15) is 5.82 Å².